The van der Waals surface area contributed by atoms with E-state index in [1.165, 1.54) is 5.56 Å². The van der Waals surface area contributed by atoms with Gasteiger partial charge in [-0.3, -0.25) is 19.4 Å². The number of amides is 1. The molecule has 3 aromatic carbocycles. The Hall–Kier alpha value is -3.72. The number of carbonyl (C=O) groups excluding carboxylic acids is 1. The molecule has 0 spiro atoms. The summed E-state index contributed by atoms with van der Waals surface area (Å²) in [6.45, 7) is 10.9. The predicted octanol–water partition coefficient (Wildman–Crippen LogP) is 5.09. The van der Waals surface area contributed by atoms with Gasteiger partial charge in [-0.15, -0.1) is 0 Å². The molecule has 0 unspecified atom stereocenters. The lowest BCUT2D eigenvalue weighted by Crippen LogP contribution is -2.56. The normalized spacial score (nSPS) is 21.1. The highest BCUT2D eigenvalue weighted by atomic mass is 16.4. The number of phenolic OH excluding ortho intramolecular Hbond substituents is 1. The number of aliphatic carboxylic acids is 1. The second kappa shape index (κ2) is 14.8. The molecule has 2 heterocycles. The van der Waals surface area contributed by atoms with Gasteiger partial charge in [0.1, 0.15) is 5.75 Å². The Morgan fingerprint density at radius 3 is 2.34 bits per heavy atom. The molecule has 8 heteroatoms. The number of piperazine rings is 1. The molecule has 3 atom stereocenters. The van der Waals surface area contributed by atoms with E-state index in [2.05, 4.69) is 71.0 Å². The molecule has 1 amide bonds. The third-order valence-corrected chi connectivity index (χ3v) is 9.10. The van der Waals surface area contributed by atoms with Gasteiger partial charge in [0.25, 0.3) is 5.91 Å². The fourth-order valence-corrected chi connectivity index (χ4v) is 6.77. The average Bonchev–Trinajstić information content (AvgIpc) is 3.26. The molecular weight excluding hydrogens is 552 g/mol. The van der Waals surface area contributed by atoms with Crippen LogP contribution in [0.4, 0.5) is 0 Å². The predicted molar refractivity (Wildman–Crippen MR) is 173 cm³/mol. The number of hydrogen-bond donors (Lipinski definition) is 2. The van der Waals surface area contributed by atoms with E-state index in [0.717, 1.165) is 56.8 Å². The first-order valence-corrected chi connectivity index (χ1v) is 15.9. The molecule has 2 saturated heterocycles. The summed E-state index contributed by atoms with van der Waals surface area (Å²) >= 11 is 0. The number of nitrogens with zero attached hydrogens (tertiary/aromatic N) is 4. The number of carboxylic acid groups (broad SMARTS) is 1. The standard InChI is InChI=1S/C36H46N4O4/c1-27-25-40(28(2)24-39(27)26-29-10-4-3-5-11-29)35(31-13-7-15-33(41)23-31)30-12-6-14-32(22-30)36(44)38-19-9-18-37(20-21-38)17-8-16-34(42)43/h3-7,10-15,22-23,27-28,35,41H,8-9,16-21,24-26H2,1-2H3,(H,42,43)/t27-,28+,35-/m1/s1. The zero-order valence-corrected chi connectivity index (χ0v) is 26.0. The van der Waals surface area contributed by atoms with Crippen molar-refractivity contribution >= 4 is 11.9 Å². The average molecular weight is 599 g/mol. The Bertz CT molecular complexity index is 1400. The van der Waals surface area contributed by atoms with Crippen molar-refractivity contribution in [2.24, 2.45) is 0 Å². The second-order valence-electron chi connectivity index (χ2n) is 12.4. The van der Waals surface area contributed by atoms with Crippen molar-refractivity contribution in [3.63, 3.8) is 0 Å². The van der Waals surface area contributed by atoms with Crippen LogP contribution in [0.2, 0.25) is 0 Å². The van der Waals surface area contributed by atoms with E-state index in [1.807, 2.05) is 35.2 Å². The van der Waals surface area contributed by atoms with E-state index >= 15 is 0 Å². The van der Waals surface area contributed by atoms with Crippen molar-refractivity contribution in [1.82, 2.24) is 19.6 Å². The van der Waals surface area contributed by atoms with Crippen LogP contribution in [0.15, 0.2) is 78.9 Å². The maximum Gasteiger partial charge on any atom is 0.303 e. The van der Waals surface area contributed by atoms with Gasteiger partial charge < -0.3 is 20.0 Å². The summed E-state index contributed by atoms with van der Waals surface area (Å²) < 4.78 is 0. The molecule has 0 aromatic heterocycles. The lowest BCUT2D eigenvalue weighted by Gasteiger charge is -2.47. The molecule has 3 aromatic rings. The van der Waals surface area contributed by atoms with Crippen molar-refractivity contribution in [3.8, 4) is 5.75 Å². The van der Waals surface area contributed by atoms with Gasteiger partial charge >= 0.3 is 5.97 Å². The molecule has 8 nitrogen and oxygen atoms in total. The SMILES string of the molecule is C[C@@H]1CN([C@@H](c2cccc(O)c2)c2cccc(C(=O)N3CCCN(CCCC(=O)O)CC3)c2)[C@@H](C)CN1Cc1ccccc1. The monoisotopic (exact) mass is 598 g/mol. The summed E-state index contributed by atoms with van der Waals surface area (Å²) in [6.07, 6.45) is 1.66. The fraction of sp³-hybridized carbons (Fsp3) is 0.444. The highest BCUT2D eigenvalue weighted by molar-refractivity contribution is 5.94. The number of phenols is 1. The van der Waals surface area contributed by atoms with Crippen LogP contribution in [0.25, 0.3) is 0 Å². The quantitative estimate of drug-likeness (QED) is 0.336. The largest absolute Gasteiger partial charge is 0.508 e. The fourth-order valence-electron chi connectivity index (χ4n) is 6.77. The van der Waals surface area contributed by atoms with Gasteiger partial charge in [0, 0.05) is 63.3 Å². The van der Waals surface area contributed by atoms with Crippen LogP contribution in [-0.2, 0) is 11.3 Å². The molecule has 2 aliphatic rings. The van der Waals surface area contributed by atoms with Crippen LogP contribution in [0, 0.1) is 0 Å². The lowest BCUT2D eigenvalue weighted by molar-refractivity contribution is -0.137. The van der Waals surface area contributed by atoms with Crippen molar-refractivity contribution in [2.45, 2.75) is 57.8 Å². The Kier molecular flexibility index (Phi) is 10.7. The first-order chi connectivity index (χ1) is 21.3. The maximum absolute atomic E-state index is 13.8. The molecule has 234 valence electrons. The number of aromatic hydroxyl groups is 1. The van der Waals surface area contributed by atoms with E-state index in [9.17, 15) is 14.7 Å². The molecule has 5 rings (SSSR count). The molecule has 0 saturated carbocycles. The number of rotatable bonds is 10. The minimum atomic E-state index is -0.765. The van der Waals surface area contributed by atoms with Gasteiger partial charge in [0.05, 0.1) is 6.04 Å². The highest BCUT2D eigenvalue weighted by Gasteiger charge is 2.35. The van der Waals surface area contributed by atoms with Crippen molar-refractivity contribution in [2.75, 3.05) is 45.8 Å². The van der Waals surface area contributed by atoms with Crippen LogP contribution < -0.4 is 0 Å². The third kappa shape index (κ3) is 8.05. The summed E-state index contributed by atoms with van der Waals surface area (Å²) in [6, 6.07) is 26.6. The van der Waals surface area contributed by atoms with E-state index in [0.29, 0.717) is 31.1 Å². The van der Waals surface area contributed by atoms with Gasteiger partial charge in [0.15, 0.2) is 0 Å². The molecule has 2 aliphatic heterocycles. The van der Waals surface area contributed by atoms with Gasteiger partial charge in [0.2, 0.25) is 0 Å². The van der Waals surface area contributed by atoms with Crippen LogP contribution in [0.1, 0.15) is 66.2 Å². The topological polar surface area (TPSA) is 87.6 Å². The van der Waals surface area contributed by atoms with Gasteiger partial charge in [-0.05, 0) is 80.7 Å². The van der Waals surface area contributed by atoms with Crippen molar-refractivity contribution in [3.05, 3.63) is 101 Å². The van der Waals surface area contributed by atoms with E-state index < -0.39 is 5.97 Å². The van der Waals surface area contributed by atoms with E-state index in [-0.39, 0.29) is 30.2 Å². The number of carbonyl (C=O) groups is 2. The molecular formula is C36H46N4O4. The summed E-state index contributed by atoms with van der Waals surface area (Å²) in [5.74, 6) is -0.498. The molecule has 44 heavy (non-hydrogen) atoms. The number of hydrogen-bond acceptors (Lipinski definition) is 6. The first kappa shape index (κ1) is 31.7. The van der Waals surface area contributed by atoms with E-state index in [1.54, 1.807) is 6.07 Å². The third-order valence-electron chi connectivity index (χ3n) is 9.10. The highest BCUT2D eigenvalue weighted by Crippen LogP contribution is 2.35. The van der Waals surface area contributed by atoms with Crippen molar-refractivity contribution in [1.29, 1.82) is 0 Å². The number of carboxylic acids is 1. The summed E-state index contributed by atoms with van der Waals surface area (Å²) in [5, 5.41) is 19.4. The Morgan fingerprint density at radius 2 is 1.59 bits per heavy atom. The molecule has 0 radical (unpaired) electrons. The smallest absolute Gasteiger partial charge is 0.303 e. The summed E-state index contributed by atoms with van der Waals surface area (Å²) in [7, 11) is 0. The van der Waals surface area contributed by atoms with Gasteiger partial charge in [-0.1, -0.05) is 54.6 Å². The Balaban J connectivity index is 1.35. The second-order valence-corrected chi connectivity index (χ2v) is 12.4. The van der Waals surface area contributed by atoms with Crippen molar-refractivity contribution < 1.29 is 19.8 Å². The minimum Gasteiger partial charge on any atom is -0.508 e. The van der Waals surface area contributed by atoms with Crippen LogP contribution in [0.3, 0.4) is 0 Å². The Labute approximate surface area is 261 Å². The Morgan fingerprint density at radius 1 is 0.841 bits per heavy atom. The molecule has 2 fully saturated rings. The van der Waals surface area contributed by atoms with Gasteiger partial charge in [-0.25, -0.2) is 0 Å². The van der Waals surface area contributed by atoms with Crippen LogP contribution in [0.5, 0.6) is 5.75 Å². The van der Waals surface area contributed by atoms with Crippen LogP contribution in [-0.4, -0.2) is 99.6 Å². The minimum absolute atomic E-state index is 0.0305. The van der Waals surface area contributed by atoms with Gasteiger partial charge in [-0.2, -0.15) is 0 Å². The zero-order chi connectivity index (χ0) is 31.1. The lowest BCUT2D eigenvalue weighted by atomic mass is 9.92. The zero-order valence-electron chi connectivity index (χ0n) is 26.0. The first-order valence-electron chi connectivity index (χ1n) is 15.9. The van der Waals surface area contributed by atoms with Crippen LogP contribution >= 0.6 is 0 Å². The number of benzene rings is 3. The molecule has 0 bridgehead atoms. The molecule has 2 N–H and O–H groups in total. The maximum atomic E-state index is 13.8. The van der Waals surface area contributed by atoms with E-state index in [4.69, 9.17) is 5.11 Å². The summed E-state index contributed by atoms with van der Waals surface area (Å²) in [5.41, 5.74) is 4.04. The molecule has 0 aliphatic carbocycles. The summed E-state index contributed by atoms with van der Waals surface area (Å²) in [4.78, 5) is 34.0.